The minimum absolute atomic E-state index is 0.0151. The highest BCUT2D eigenvalue weighted by Crippen LogP contribution is 2.41. The Morgan fingerprint density at radius 2 is 2.12 bits per heavy atom. The number of methoxy groups -OCH3 is 1. The summed E-state index contributed by atoms with van der Waals surface area (Å²) in [5.74, 6) is -1.37. The topological polar surface area (TPSA) is 45.5 Å². The number of para-hydroxylation sites is 1. The van der Waals surface area contributed by atoms with Crippen molar-refractivity contribution >= 4 is 11.0 Å². The third kappa shape index (κ3) is 2.34. The van der Waals surface area contributed by atoms with Gasteiger partial charge in [0.05, 0.1) is 17.8 Å². The summed E-state index contributed by atoms with van der Waals surface area (Å²) < 4.78 is 46.5. The second-order valence-electron chi connectivity index (χ2n) is 5.62. The van der Waals surface area contributed by atoms with Crippen LogP contribution >= 0.6 is 0 Å². The Kier molecular flexibility index (Phi) is 3.80. The highest BCUT2D eigenvalue weighted by Gasteiger charge is 2.29. The number of fused-ring (bicyclic) bond motifs is 2. The van der Waals surface area contributed by atoms with Crippen LogP contribution in [0.5, 0.6) is 11.8 Å². The van der Waals surface area contributed by atoms with Gasteiger partial charge in [0.1, 0.15) is 24.0 Å². The molecule has 130 valence electrons. The second kappa shape index (κ2) is 6.00. The lowest BCUT2D eigenvalue weighted by Crippen LogP contribution is -2.04. The van der Waals surface area contributed by atoms with Gasteiger partial charge in [-0.05, 0) is 25.1 Å². The molecule has 0 N–H and O–H groups in total. The van der Waals surface area contributed by atoms with E-state index >= 15 is 0 Å². The van der Waals surface area contributed by atoms with Gasteiger partial charge in [-0.1, -0.05) is 12.1 Å². The summed E-state index contributed by atoms with van der Waals surface area (Å²) in [6.45, 7) is 2.49. The van der Waals surface area contributed by atoms with Gasteiger partial charge >= 0.3 is 6.01 Å². The zero-order valence-electron chi connectivity index (χ0n) is 13.8. The fourth-order valence-electron chi connectivity index (χ4n) is 3.10. The van der Waals surface area contributed by atoms with Crippen LogP contribution in [0.2, 0.25) is 0 Å². The second-order valence-corrected chi connectivity index (χ2v) is 5.62. The number of ether oxygens (including phenoxy) is 3. The van der Waals surface area contributed by atoms with Crippen molar-refractivity contribution in [3.05, 3.63) is 47.5 Å². The van der Waals surface area contributed by atoms with Gasteiger partial charge < -0.3 is 14.2 Å². The van der Waals surface area contributed by atoms with Crippen LogP contribution in [0.15, 0.2) is 30.3 Å². The van der Waals surface area contributed by atoms with Crippen LogP contribution in [-0.2, 0) is 4.74 Å². The van der Waals surface area contributed by atoms with Crippen LogP contribution in [0.3, 0.4) is 0 Å². The summed E-state index contributed by atoms with van der Waals surface area (Å²) in [7, 11) is 1.60. The van der Waals surface area contributed by atoms with Gasteiger partial charge in [-0.15, -0.1) is 0 Å². The minimum Gasteiger partial charge on any atom is -0.488 e. The molecule has 7 heteroatoms. The lowest BCUT2D eigenvalue weighted by Gasteiger charge is -2.13. The molecule has 0 amide bonds. The Hall–Kier alpha value is -2.67. The molecule has 0 saturated carbocycles. The number of aromatic nitrogens is 2. The van der Waals surface area contributed by atoms with Crippen molar-refractivity contribution in [2.45, 2.75) is 13.0 Å². The summed E-state index contributed by atoms with van der Waals surface area (Å²) in [6, 6.07) is 8.11. The van der Waals surface area contributed by atoms with Crippen molar-refractivity contribution in [2.24, 2.45) is 0 Å². The van der Waals surface area contributed by atoms with E-state index in [-0.39, 0.29) is 17.6 Å². The summed E-state index contributed by atoms with van der Waals surface area (Å²) in [5, 5.41) is 0. The first-order valence-electron chi connectivity index (χ1n) is 7.93. The Bertz CT molecular complexity index is 955. The number of hydrogen-bond donors (Lipinski definition) is 0. The Labute approximate surface area is 142 Å². The number of imidazole rings is 1. The van der Waals surface area contributed by atoms with Crippen LogP contribution in [0.1, 0.15) is 18.6 Å². The highest BCUT2D eigenvalue weighted by molar-refractivity contribution is 5.81. The standard InChI is InChI=1S/C18H16F2N2O3/c1-3-24-18-21-12-8-7-11(19)15(20)16(12)22(18)13-6-4-5-10-14(23-2)9-25-17(10)13/h4-8,14H,3,9H2,1-2H3/t14-/m1/s1. The van der Waals surface area contributed by atoms with E-state index in [0.29, 0.717) is 30.2 Å². The molecule has 3 aromatic rings. The van der Waals surface area contributed by atoms with E-state index in [9.17, 15) is 8.78 Å². The quantitative estimate of drug-likeness (QED) is 0.721. The molecule has 1 aliphatic heterocycles. The summed E-state index contributed by atoms with van der Waals surface area (Å²) in [6.07, 6.45) is -0.207. The molecule has 1 aromatic heterocycles. The van der Waals surface area contributed by atoms with Gasteiger partial charge in [0, 0.05) is 12.7 Å². The van der Waals surface area contributed by atoms with Crippen LogP contribution in [0.25, 0.3) is 16.7 Å². The number of nitrogens with zero attached hydrogens (tertiary/aromatic N) is 2. The van der Waals surface area contributed by atoms with E-state index in [1.165, 1.54) is 10.6 Å². The molecule has 2 aromatic carbocycles. The maximum absolute atomic E-state index is 14.5. The lowest BCUT2D eigenvalue weighted by atomic mass is 10.1. The molecule has 0 bridgehead atoms. The molecule has 0 aliphatic carbocycles. The zero-order chi connectivity index (χ0) is 17.6. The number of rotatable bonds is 4. The molecule has 5 nitrogen and oxygen atoms in total. The van der Waals surface area contributed by atoms with Crippen molar-refractivity contribution in [3.8, 4) is 17.4 Å². The molecule has 0 radical (unpaired) electrons. The molecule has 0 fully saturated rings. The lowest BCUT2D eigenvalue weighted by molar-refractivity contribution is 0.0817. The van der Waals surface area contributed by atoms with E-state index < -0.39 is 11.6 Å². The smallest absolute Gasteiger partial charge is 0.302 e. The van der Waals surface area contributed by atoms with Gasteiger partial charge in [0.2, 0.25) is 0 Å². The first-order chi connectivity index (χ1) is 12.2. The molecule has 0 saturated heterocycles. The third-order valence-corrected chi connectivity index (χ3v) is 4.23. The molecule has 0 spiro atoms. The van der Waals surface area contributed by atoms with Crippen molar-refractivity contribution in [2.75, 3.05) is 20.3 Å². The van der Waals surface area contributed by atoms with Crippen LogP contribution in [0, 0.1) is 11.6 Å². The van der Waals surface area contributed by atoms with Gasteiger partial charge in [0.15, 0.2) is 11.6 Å². The summed E-state index contributed by atoms with van der Waals surface area (Å²) >= 11 is 0. The molecular formula is C18H16F2N2O3. The van der Waals surface area contributed by atoms with Gasteiger partial charge in [0.25, 0.3) is 0 Å². The molecule has 1 aliphatic rings. The van der Waals surface area contributed by atoms with Gasteiger partial charge in [-0.3, -0.25) is 4.57 Å². The highest BCUT2D eigenvalue weighted by atomic mass is 19.2. The Balaban J connectivity index is 2.03. The van der Waals surface area contributed by atoms with Gasteiger partial charge in [-0.2, -0.15) is 4.98 Å². The van der Waals surface area contributed by atoms with Crippen molar-refractivity contribution in [1.29, 1.82) is 0 Å². The molecular weight excluding hydrogens is 330 g/mol. The molecule has 0 unspecified atom stereocenters. The third-order valence-electron chi connectivity index (χ3n) is 4.23. The summed E-state index contributed by atoms with van der Waals surface area (Å²) in [5.41, 5.74) is 1.70. The monoisotopic (exact) mass is 346 g/mol. The normalized spacial score (nSPS) is 16.1. The molecule has 4 rings (SSSR count). The first kappa shape index (κ1) is 15.8. The molecule has 2 heterocycles. The van der Waals surface area contributed by atoms with Crippen molar-refractivity contribution in [1.82, 2.24) is 9.55 Å². The Morgan fingerprint density at radius 3 is 2.88 bits per heavy atom. The number of halogens is 2. The fraction of sp³-hybridized carbons (Fsp3) is 0.278. The first-order valence-corrected chi connectivity index (χ1v) is 7.93. The SMILES string of the molecule is CCOc1nc2ccc(F)c(F)c2n1-c1cccc2c1OC[C@H]2OC. The van der Waals surface area contributed by atoms with E-state index in [4.69, 9.17) is 14.2 Å². The molecule has 25 heavy (non-hydrogen) atoms. The van der Waals surface area contributed by atoms with Crippen molar-refractivity contribution < 1.29 is 23.0 Å². The van der Waals surface area contributed by atoms with Gasteiger partial charge in [-0.25, -0.2) is 8.78 Å². The maximum atomic E-state index is 14.5. The minimum atomic E-state index is -0.977. The predicted octanol–water partition coefficient (Wildman–Crippen LogP) is 3.78. The van der Waals surface area contributed by atoms with Crippen LogP contribution in [-0.4, -0.2) is 29.9 Å². The largest absolute Gasteiger partial charge is 0.488 e. The molecule has 1 atom stereocenters. The number of hydrogen-bond acceptors (Lipinski definition) is 4. The maximum Gasteiger partial charge on any atom is 0.302 e. The average molecular weight is 346 g/mol. The van der Waals surface area contributed by atoms with E-state index in [2.05, 4.69) is 4.98 Å². The predicted molar refractivity (Wildman–Crippen MR) is 87.4 cm³/mol. The van der Waals surface area contributed by atoms with E-state index in [1.807, 2.05) is 12.1 Å². The Morgan fingerprint density at radius 1 is 1.28 bits per heavy atom. The average Bonchev–Trinajstić information content (AvgIpc) is 3.20. The zero-order valence-corrected chi connectivity index (χ0v) is 13.8. The summed E-state index contributed by atoms with van der Waals surface area (Å²) in [4.78, 5) is 4.29. The van der Waals surface area contributed by atoms with Crippen LogP contribution < -0.4 is 9.47 Å². The number of benzene rings is 2. The fourth-order valence-corrected chi connectivity index (χ4v) is 3.10. The van der Waals surface area contributed by atoms with Crippen molar-refractivity contribution in [3.63, 3.8) is 0 Å². The van der Waals surface area contributed by atoms with E-state index in [0.717, 1.165) is 11.6 Å². The van der Waals surface area contributed by atoms with Crippen LogP contribution in [0.4, 0.5) is 8.78 Å². The van der Waals surface area contributed by atoms with E-state index in [1.54, 1.807) is 20.1 Å².